The number of carbonyl (C=O) groups is 2. The van der Waals surface area contributed by atoms with Gasteiger partial charge in [0.05, 0.1) is 0 Å². The quantitative estimate of drug-likeness (QED) is 0.914. The van der Waals surface area contributed by atoms with E-state index in [1.54, 1.807) is 19.2 Å². The highest BCUT2D eigenvalue weighted by Gasteiger charge is 2.50. The number of methoxy groups -OCH3 is 1. The van der Waals surface area contributed by atoms with Crippen molar-refractivity contribution in [3.05, 3.63) is 23.7 Å². The smallest absolute Gasteiger partial charge is 0.326 e. The largest absolute Gasteiger partial charge is 0.480 e. The van der Waals surface area contributed by atoms with E-state index in [0.29, 0.717) is 24.8 Å². The molecule has 1 N–H and O–H groups in total. The third-order valence-electron chi connectivity index (χ3n) is 4.56. The van der Waals surface area contributed by atoms with Gasteiger partial charge in [0, 0.05) is 13.7 Å². The lowest BCUT2D eigenvalue weighted by atomic mass is 9.94. The number of furan rings is 1. The van der Waals surface area contributed by atoms with Gasteiger partial charge < -0.3 is 19.2 Å². The monoisotopic (exact) mass is 293 g/mol. The van der Waals surface area contributed by atoms with Crippen LogP contribution in [0.15, 0.2) is 16.5 Å². The Morgan fingerprint density at radius 2 is 2.24 bits per heavy atom. The standard InChI is InChI=1S/C15H19NO5/c1-20-8-10-5-6-12(21-10)14(17)16-7-9-3-2-4-11(9)13(16)15(18)19/h5-6,9,11,13H,2-4,7-8H2,1H3,(H,18,19)/t9-,11+,13+/m0/s1. The number of aliphatic carboxylic acids is 1. The number of carboxylic acids is 1. The summed E-state index contributed by atoms with van der Waals surface area (Å²) in [4.78, 5) is 25.6. The van der Waals surface area contributed by atoms with Crippen molar-refractivity contribution in [2.45, 2.75) is 31.9 Å². The van der Waals surface area contributed by atoms with Crippen molar-refractivity contribution in [1.29, 1.82) is 0 Å². The van der Waals surface area contributed by atoms with Gasteiger partial charge in [0.1, 0.15) is 18.4 Å². The van der Waals surface area contributed by atoms with Gasteiger partial charge in [-0.3, -0.25) is 4.79 Å². The molecule has 0 unspecified atom stereocenters. The fourth-order valence-electron chi connectivity index (χ4n) is 3.69. The maximum Gasteiger partial charge on any atom is 0.326 e. The number of hydrogen-bond acceptors (Lipinski definition) is 4. The first-order valence-corrected chi connectivity index (χ1v) is 7.23. The van der Waals surface area contributed by atoms with Gasteiger partial charge in [0.25, 0.3) is 5.91 Å². The third-order valence-corrected chi connectivity index (χ3v) is 4.56. The summed E-state index contributed by atoms with van der Waals surface area (Å²) in [6.45, 7) is 0.807. The van der Waals surface area contributed by atoms with E-state index in [1.165, 1.54) is 4.90 Å². The third kappa shape index (κ3) is 2.44. The molecule has 0 radical (unpaired) electrons. The molecule has 0 bridgehead atoms. The lowest BCUT2D eigenvalue weighted by Gasteiger charge is -2.23. The second kappa shape index (κ2) is 5.52. The van der Waals surface area contributed by atoms with Gasteiger partial charge >= 0.3 is 5.97 Å². The summed E-state index contributed by atoms with van der Waals surface area (Å²) < 4.78 is 10.4. The fourth-order valence-corrected chi connectivity index (χ4v) is 3.69. The average Bonchev–Trinajstić information content (AvgIpc) is 3.11. The second-order valence-corrected chi connectivity index (χ2v) is 5.79. The zero-order valence-corrected chi connectivity index (χ0v) is 11.9. The van der Waals surface area contributed by atoms with Gasteiger partial charge in [-0.1, -0.05) is 6.42 Å². The van der Waals surface area contributed by atoms with Crippen LogP contribution in [0.2, 0.25) is 0 Å². The van der Waals surface area contributed by atoms with E-state index in [1.807, 2.05) is 0 Å². The fraction of sp³-hybridized carbons (Fsp3) is 0.600. The normalized spacial score (nSPS) is 27.9. The summed E-state index contributed by atoms with van der Waals surface area (Å²) >= 11 is 0. The first kappa shape index (κ1) is 14.1. The molecule has 6 nitrogen and oxygen atoms in total. The zero-order valence-electron chi connectivity index (χ0n) is 11.9. The van der Waals surface area contributed by atoms with Crippen molar-refractivity contribution in [3.8, 4) is 0 Å². The number of likely N-dealkylation sites (tertiary alicyclic amines) is 1. The molecule has 2 aliphatic rings. The molecule has 3 rings (SSSR count). The van der Waals surface area contributed by atoms with Crippen molar-refractivity contribution >= 4 is 11.9 Å². The molecule has 1 aliphatic carbocycles. The number of rotatable bonds is 4. The van der Waals surface area contributed by atoms with Gasteiger partial charge in [-0.2, -0.15) is 0 Å². The Kier molecular flexibility index (Phi) is 3.71. The SMILES string of the molecule is COCc1ccc(C(=O)N2C[C@@H]3CCC[C@H]3[C@@H]2C(=O)O)o1. The number of ether oxygens (including phenoxy) is 1. The summed E-state index contributed by atoms with van der Waals surface area (Å²) in [7, 11) is 1.55. The van der Waals surface area contributed by atoms with E-state index in [2.05, 4.69) is 0 Å². The van der Waals surface area contributed by atoms with Gasteiger partial charge in [0.2, 0.25) is 0 Å². The molecule has 0 spiro atoms. The molecule has 0 aromatic carbocycles. The highest BCUT2D eigenvalue weighted by atomic mass is 16.5. The molecule has 1 aromatic rings. The van der Waals surface area contributed by atoms with E-state index >= 15 is 0 Å². The Morgan fingerprint density at radius 1 is 1.43 bits per heavy atom. The lowest BCUT2D eigenvalue weighted by molar-refractivity contribution is -0.142. The molecule has 2 heterocycles. The van der Waals surface area contributed by atoms with Gasteiger partial charge in [-0.25, -0.2) is 4.79 Å². The Bertz CT molecular complexity index is 552. The van der Waals surface area contributed by atoms with E-state index in [9.17, 15) is 14.7 Å². The molecule has 1 aliphatic heterocycles. The number of hydrogen-bond donors (Lipinski definition) is 1. The predicted octanol–water partition coefficient (Wildman–Crippen LogP) is 1.75. The summed E-state index contributed by atoms with van der Waals surface area (Å²) in [5, 5.41) is 9.47. The minimum atomic E-state index is -0.915. The number of nitrogens with zero attached hydrogens (tertiary/aromatic N) is 1. The second-order valence-electron chi connectivity index (χ2n) is 5.79. The van der Waals surface area contributed by atoms with Crippen LogP contribution in [0.5, 0.6) is 0 Å². The van der Waals surface area contributed by atoms with Crippen LogP contribution < -0.4 is 0 Å². The minimum Gasteiger partial charge on any atom is -0.480 e. The number of fused-ring (bicyclic) bond motifs is 1. The number of carboxylic acid groups (broad SMARTS) is 1. The Hall–Kier alpha value is -1.82. The first-order chi connectivity index (χ1) is 10.1. The van der Waals surface area contributed by atoms with Crippen LogP contribution in [0, 0.1) is 11.8 Å². The van der Waals surface area contributed by atoms with E-state index in [4.69, 9.17) is 9.15 Å². The Labute approximate surface area is 122 Å². The van der Waals surface area contributed by atoms with Gasteiger partial charge in [-0.05, 0) is 36.8 Å². The molecule has 114 valence electrons. The number of amides is 1. The van der Waals surface area contributed by atoms with Crippen molar-refractivity contribution in [1.82, 2.24) is 4.90 Å². The predicted molar refractivity (Wildman–Crippen MR) is 72.7 cm³/mol. The molecule has 1 amide bonds. The van der Waals surface area contributed by atoms with E-state index in [0.717, 1.165) is 19.3 Å². The van der Waals surface area contributed by atoms with Gasteiger partial charge in [0.15, 0.2) is 5.76 Å². The van der Waals surface area contributed by atoms with Crippen LogP contribution in [0.1, 0.15) is 35.6 Å². The molecule has 6 heteroatoms. The Balaban J connectivity index is 1.81. The van der Waals surface area contributed by atoms with Crippen LogP contribution in [-0.2, 0) is 16.1 Å². The van der Waals surface area contributed by atoms with E-state index in [-0.39, 0.29) is 17.6 Å². The molecule has 21 heavy (non-hydrogen) atoms. The van der Waals surface area contributed by atoms with Crippen LogP contribution >= 0.6 is 0 Å². The summed E-state index contributed by atoms with van der Waals surface area (Å²) in [5.74, 6) is -0.107. The molecular weight excluding hydrogens is 274 g/mol. The van der Waals surface area contributed by atoms with Gasteiger partial charge in [-0.15, -0.1) is 0 Å². The molecule has 1 saturated heterocycles. The molecular formula is C15H19NO5. The summed E-state index contributed by atoms with van der Waals surface area (Å²) in [5.41, 5.74) is 0. The molecule has 1 aromatic heterocycles. The first-order valence-electron chi connectivity index (χ1n) is 7.23. The van der Waals surface area contributed by atoms with Crippen LogP contribution in [0.3, 0.4) is 0 Å². The highest BCUT2D eigenvalue weighted by Crippen LogP contribution is 2.42. The van der Waals surface area contributed by atoms with Crippen LogP contribution in [0.25, 0.3) is 0 Å². The topological polar surface area (TPSA) is 80.0 Å². The molecule has 2 fully saturated rings. The average molecular weight is 293 g/mol. The summed E-state index contributed by atoms with van der Waals surface area (Å²) in [6.07, 6.45) is 2.95. The van der Waals surface area contributed by atoms with Crippen LogP contribution in [0.4, 0.5) is 0 Å². The lowest BCUT2D eigenvalue weighted by Crippen LogP contribution is -2.43. The highest BCUT2D eigenvalue weighted by molar-refractivity contribution is 5.95. The van der Waals surface area contributed by atoms with E-state index < -0.39 is 12.0 Å². The zero-order chi connectivity index (χ0) is 15.0. The van der Waals surface area contributed by atoms with Crippen molar-refractivity contribution in [2.24, 2.45) is 11.8 Å². The maximum atomic E-state index is 12.5. The van der Waals surface area contributed by atoms with Crippen molar-refractivity contribution in [3.63, 3.8) is 0 Å². The minimum absolute atomic E-state index is 0.0832. The maximum absolute atomic E-state index is 12.5. The summed E-state index contributed by atoms with van der Waals surface area (Å²) in [6, 6.07) is 2.55. The van der Waals surface area contributed by atoms with Crippen LogP contribution in [-0.4, -0.2) is 41.6 Å². The molecule has 1 saturated carbocycles. The number of carbonyl (C=O) groups excluding carboxylic acids is 1. The van der Waals surface area contributed by atoms with Crippen molar-refractivity contribution in [2.75, 3.05) is 13.7 Å². The molecule has 3 atom stereocenters. The Morgan fingerprint density at radius 3 is 2.95 bits per heavy atom. The van der Waals surface area contributed by atoms with Crippen molar-refractivity contribution < 1.29 is 23.8 Å².